The van der Waals surface area contributed by atoms with Crippen LogP contribution in [0.2, 0.25) is 5.02 Å². The van der Waals surface area contributed by atoms with Gasteiger partial charge in [-0.25, -0.2) is 0 Å². The molecule has 4 aromatic rings. The molecule has 1 amide bonds. The average molecular weight is 488 g/mol. The monoisotopic (exact) mass is 487 g/mol. The summed E-state index contributed by atoms with van der Waals surface area (Å²) in [5.41, 5.74) is 8.94. The van der Waals surface area contributed by atoms with Crippen molar-refractivity contribution >= 4 is 29.5 Å². The van der Waals surface area contributed by atoms with Crippen molar-refractivity contribution in [3.63, 3.8) is 0 Å². The number of nitrogens with one attached hydrogen (secondary N) is 2. The third-order valence-electron chi connectivity index (χ3n) is 6.03. The van der Waals surface area contributed by atoms with E-state index in [0.717, 1.165) is 33.6 Å². The molecule has 178 valence electrons. The number of hydrogen-bond donors (Lipinski definition) is 2. The number of aliphatic imine (C=N–C) groups is 1. The van der Waals surface area contributed by atoms with Gasteiger partial charge in [0.25, 0.3) is 0 Å². The fraction of sp³-hybridized carbons (Fsp3) is 0.192. The summed E-state index contributed by atoms with van der Waals surface area (Å²) >= 11 is 6.02. The molecule has 1 aliphatic heterocycles. The molecule has 1 aliphatic rings. The van der Waals surface area contributed by atoms with Gasteiger partial charge in [-0.3, -0.25) is 29.5 Å². The highest BCUT2D eigenvalue weighted by molar-refractivity contribution is 6.30. The number of carbonyl (C=O) groups is 1. The van der Waals surface area contributed by atoms with Crippen LogP contribution in [0, 0.1) is 0 Å². The highest BCUT2D eigenvalue weighted by Crippen LogP contribution is 2.33. The van der Waals surface area contributed by atoms with E-state index in [-0.39, 0.29) is 11.9 Å². The molecule has 3 heterocycles. The molecule has 2 aromatic heterocycles. The fourth-order valence-electron chi connectivity index (χ4n) is 4.32. The predicted molar refractivity (Wildman–Crippen MR) is 139 cm³/mol. The number of halogens is 1. The fourth-order valence-corrected chi connectivity index (χ4v) is 4.45. The lowest BCUT2D eigenvalue weighted by Gasteiger charge is -2.24. The number of fused-ring (bicyclic) bond motifs is 1. The number of benzene rings is 2. The van der Waals surface area contributed by atoms with Crippen LogP contribution in [0.1, 0.15) is 28.9 Å². The lowest BCUT2D eigenvalue weighted by atomic mass is 10.0. The lowest BCUT2D eigenvalue weighted by molar-refractivity contribution is -0.120. The SMILES string of the molecule is CN(C)C(C(=O)Nc1ccc(C2N=CNn3cc(-c4cnn(C)c4)cc32)cc1)c1ccc(Cl)cc1. The molecular formula is C26H26ClN7O. The normalized spacial score (nSPS) is 15.5. The largest absolute Gasteiger partial charge is 0.324 e. The van der Waals surface area contributed by atoms with Crippen LogP contribution in [0.25, 0.3) is 11.1 Å². The first-order valence-electron chi connectivity index (χ1n) is 11.2. The van der Waals surface area contributed by atoms with Crippen LogP contribution in [0.15, 0.2) is 78.2 Å². The van der Waals surface area contributed by atoms with E-state index in [0.29, 0.717) is 5.02 Å². The molecule has 0 saturated carbocycles. The summed E-state index contributed by atoms with van der Waals surface area (Å²) in [5.74, 6) is -0.111. The Bertz CT molecular complexity index is 1370. The van der Waals surface area contributed by atoms with Crippen LogP contribution in [0.5, 0.6) is 0 Å². The number of rotatable bonds is 6. The van der Waals surface area contributed by atoms with Crippen LogP contribution in [-0.2, 0) is 11.8 Å². The van der Waals surface area contributed by atoms with Crippen molar-refractivity contribution in [1.82, 2.24) is 19.4 Å². The molecule has 0 radical (unpaired) electrons. The van der Waals surface area contributed by atoms with E-state index in [1.165, 1.54) is 0 Å². The molecule has 0 spiro atoms. The molecule has 0 fully saturated rings. The van der Waals surface area contributed by atoms with Crippen molar-refractivity contribution in [3.8, 4) is 11.1 Å². The van der Waals surface area contributed by atoms with Gasteiger partial charge in [0.05, 0.1) is 11.9 Å². The molecule has 2 N–H and O–H groups in total. The molecule has 8 nitrogen and oxygen atoms in total. The van der Waals surface area contributed by atoms with Gasteiger partial charge in [-0.05, 0) is 55.6 Å². The average Bonchev–Trinajstić information content (AvgIpc) is 3.47. The number of carbonyl (C=O) groups excluding carboxylic acids is 1. The van der Waals surface area contributed by atoms with Gasteiger partial charge in [0.1, 0.15) is 18.4 Å². The van der Waals surface area contributed by atoms with E-state index in [9.17, 15) is 4.79 Å². The molecule has 2 aromatic carbocycles. The Morgan fingerprint density at radius 1 is 1.09 bits per heavy atom. The first-order chi connectivity index (χ1) is 16.9. The predicted octanol–water partition coefficient (Wildman–Crippen LogP) is 4.46. The molecule has 0 aliphatic carbocycles. The molecule has 2 unspecified atom stereocenters. The lowest BCUT2D eigenvalue weighted by Crippen LogP contribution is -2.32. The number of hydrogen-bond acceptors (Lipinski definition) is 5. The zero-order valence-electron chi connectivity index (χ0n) is 19.7. The minimum absolute atomic E-state index is 0.111. The van der Waals surface area contributed by atoms with Gasteiger partial charge in [0.2, 0.25) is 5.91 Å². The number of anilines is 1. The first-order valence-corrected chi connectivity index (χ1v) is 11.6. The summed E-state index contributed by atoms with van der Waals surface area (Å²) in [6.07, 6.45) is 7.57. The van der Waals surface area contributed by atoms with E-state index in [1.54, 1.807) is 23.2 Å². The second kappa shape index (κ2) is 9.40. The van der Waals surface area contributed by atoms with Crippen molar-refractivity contribution in [2.24, 2.45) is 12.0 Å². The van der Waals surface area contributed by atoms with Gasteiger partial charge in [-0.2, -0.15) is 5.10 Å². The maximum atomic E-state index is 13.1. The summed E-state index contributed by atoms with van der Waals surface area (Å²) in [5, 5.41) is 7.94. The number of likely N-dealkylation sites (N-methyl/N-ethyl adjacent to an activating group) is 1. The highest BCUT2D eigenvalue weighted by atomic mass is 35.5. The quantitative estimate of drug-likeness (QED) is 0.421. The van der Waals surface area contributed by atoms with Gasteiger partial charge in [0, 0.05) is 41.3 Å². The third-order valence-corrected chi connectivity index (χ3v) is 6.28. The zero-order chi connectivity index (χ0) is 24.5. The standard InChI is InChI=1S/C26H26ClN7O/c1-32(2)25(18-4-8-21(27)9-5-18)26(35)31-22-10-6-17(7-11-22)24-23-12-19(15-34(23)30-16-28-24)20-13-29-33(3)14-20/h4-16,24-25H,1-3H3,(H,28,30)(H,31,35). The van der Waals surface area contributed by atoms with E-state index in [2.05, 4.69) is 26.9 Å². The van der Waals surface area contributed by atoms with Gasteiger partial charge < -0.3 is 5.32 Å². The summed E-state index contributed by atoms with van der Waals surface area (Å²) < 4.78 is 3.76. The van der Waals surface area contributed by atoms with Crippen molar-refractivity contribution in [2.75, 3.05) is 24.8 Å². The number of aryl methyl sites for hydroxylation is 1. The molecule has 0 bridgehead atoms. The molecule has 9 heteroatoms. The van der Waals surface area contributed by atoms with Crippen LogP contribution in [-0.4, -0.2) is 45.7 Å². The van der Waals surface area contributed by atoms with Gasteiger partial charge in [-0.1, -0.05) is 35.9 Å². The molecule has 35 heavy (non-hydrogen) atoms. The Kier molecular flexibility index (Phi) is 6.15. The summed E-state index contributed by atoms with van der Waals surface area (Å²) in [7, 11) is 5.66. The Morgan fingerprint density at radius 2 is 1.83 bits per heavy atom. The van der Waals surface area contributed by atoms with Gasteiger partial charge >= 0.3 is 0 Å². The van der Waals surface area contributed by atoms with Crippen molar-refractivity contribution in [2.45, 2.75) is 12.1 Å². The summed E-state index contributed by atoms with van der Waals surface area (Å²) in [6.45, 7) is 0. The molecule has 2 atom stereocenters. The molecular weight excluding hydrogens is 462 g/mol. The van der Waals surface area contributed by atoms with E-state index < -0.39 is 6.04 Å². The minimum Gasteiger partial charge on any atom is -0.324 e. The molecule has 0 saturated heterocycles. The van der Waals surface area contributed by atoms with Crippen molar-refractivity contribution in [1.29, 1.82) is 0 Å². The van der Waals surface area contributed by atoms with Crippen molar-refractivity contribution < 1.29 is 4.79 Å². The maximum Gasteiger partial charge on any atom is 0.246 e. The van der Waals surface area contributed by atoms with E-state index >= 15 is 0 Å². The van der Waals surface area contributed by atoms with Crippen LogP contribution in [0.4, 0.5) is 5.69 Å². The highest BCUT2D eigenvalue weighted by Gasteiger charge is 2.24. The zero-order valence-corrected chi connectivity index (χ0v) is 20.4. The third kappa shape index (κ3) is 4.71. The summed E-state index contributed by atoms with van der Waals surface area (Å²) in [4.78, 5) is 19.6. The Labute approximate surface area is 208 Å². The maximum absolute atomic E-state index is 13.1. The number of aromatic nitrogens is 3. The summed E-state index contributed by atoms with van der Waals surface area (Å²) in [6, 6.07) is 16.7. The van der Waals surface area contributed by atoms with Crippen LogP contribution in [0.3, 0.4) is 0 Å². The van der Waals surface area contributed by atoms with E-state index in [1.807, 2.05) is 85.7 Å². The Balaban J connectivity index is 1.34. The smallest absolute Gasteiger partial charge is 0.246 e. The van der Waals surface area contributed by atoms with Crippen LogP contribution >= 0.6 is 11.6 Å². The van der Waals surface area contributed by atoms with Crippen molar-refractivity contribution in [3.05, 3.63) is 95.0 Å². The Morgan fingerprint density at radius 3 is 2.49 bits per heavy atom. The van der Waals surface area contributed by atoms with Gasteiger partial charge in [-0.15, -0.1) is 0 Å². The second-order valence-corrected chi connectivity index (χ2v) is 9.20. The van der Waals surface area contributed by atoms with E-state index in [4.69, 9.17) is 11.6 Å². The number of nitrogens with zero attached hydrogens (tertiary/aromatic N) is 5. The molecule has 5 rings (SSSR count). The van der Waals surface area contributed by atoms with Crippen LogP contribution < -0.4 is 10.7 Å². The number of amides is 1. The Hall–Kier alpha value is -3.88. The second-order valence-electron chi connectivity index (χ2n) is 8.77. The first kappa shape index (κ1) is 22.9. The van der Waals surface area contributed by atoms with Gasteiger partial charge in [0.15, 0.2) is 0 Å². The topological polar surface area (TPSA) is 79.5 Å². The minimum atomic E-state index is -0.435.